The molecule has 148 valence electrons. The highest BCUT2D eigenvalue weighted by atomic mass is 35.5. The number of carbonyl (C=O) groups excluding carboxylic acids is 1. The first kappa shape index (κ1) is 20.4. The van der Waals surface area contributed by atoms with Gasteiger partial charge in [-0.05, 0) is 42.5 Å². The molecule has 3 aromatic carbocycles. The van der Waals surface area contributed by atoms with Crippen LogP contribution in [-0.4, -0.2) is 11.6 Å². The molecule has 0 bridgehead atoms. The lowest BCUT2D eigenvalue weighted by Gasteiger charge is -2.13. The molecular formula is C21H15ClF3N3O. The summed E-state index contributed by atoms with van der Waals surface area (Å²) in [6.45, 7) is 0. The van der Waals surface area contributed by atoms with Gasteiger partial charge >= 0.3 is 6.18 Å². The lowest BCUT2D eigenvalue weighted by molar-refractivity contribution is -0.137. The van der Waals surface area contributed by atoms with Gasteiger partial charge in [0.1, 0.15) is 0 Å². The molecule has 4 nitrogen and oxygen atoms in total. The molecular weight excluding hydrogens is 403 g/mol. The molecule has 0 aliphatic heterocycles. The van der Waals surface area contributed by atoms with Crippen LogP contribution in [0.25, 0.3) is 0 Å². The normalized spacial score (nSPS) is 11.8. The van der Waals surface area contributed by atoms with Crippen molar-refractivity contribution in [2.24, 2.45) is 4.99 Å². The number of Topliss-reactive ketones (excluding diaryl/α,β-unsaturated/α-hetero) is 1. The zero-order valence-electron chi connectivity index (χ0n) is 14.9. The predicted molar refractivity (Wildman–Crippen MR) is 108 cm³/mol. The average molecular weight is 418 g/mol. The van der Waals surface area contributed by atoms with Crippen LogP contribution >= 0.6 is 11.6 Å². The van der Waals surface area contributed by atoms with Gasteiger partial charge in [0, 0.05) is 10.6 Å². The number of hydrazine groups is 1. The Bertz CT molecular complexity index is 1020. The Hall–Kier alpha value is -3.32. The molecule has 0 unspecified atom stereocenters. The van der Waals surface area contributed by atoms with Crippen molar-refractivity contribution in [1.29, 1.82) is 0 Å². The standard InChI is InChI=1S/C21H15ClF3N3O/c22-16-9-11-17(12-10-16)27-28-20(19(29)14-5-2-1-3-6-14)26-18-8-4-7-15(13-18)21(23,24)25/h1-13,27H,(H,26,28). The summed E-state index contributed by atoms with van der Waals surface area (Å²) in [7, 11) is 0. The van der Waals surface area contributed by atoms with E-state index in [0.717, 1.165) is 12.1 Å². The molecule has 0 radical (unpaired) electrons. The second-order valence-corrected chi connectivity index (χ2v) is 6.40. The van der Waals surface area contributed by atoms with E-state index in [0.29, 0.717) is 16.3 Å². The number of hydrogen-bond acceptors (Lipinski definition) is 3. The van der Waals surface area contributed by atoms with Gasteiger partial charge in [0.2, 0.25) is 5.78 Å². The van der Waals surface area contributed by atoms with Gasteiger partial charge in [0.25, 0.3) is 0 Å². The third kappa shape index (κ3) is 5.58. The molecule has 3 aromatic rings. The molecule has 29 heavy (non-hydrogen) atoms. The van der Waals surface area contributed by atoms with Crippen LogP contribution in [0.3, 0.4) is 0 Å². The SMILES string of the molecule is O=C(C(=Nc1cccc(C(F)(F)F)c1)NNc1ccc(Cl)cc1)c1ccccc1. The fourth-order valence-electron chi connectivity index (χ4n) is 2.41. The molecule has 0 atom stereocenters. The topological polar surface area (TPSA) is 53.5 Å². The van der Waals surface area contributed by atoms with Crippen LogP contribution in [0.15, 0.2) is 83.9 Å². The van der Waals surface area contributed by atoms with Gasteiger partial charge in [0.05, 0.1) is 16.9 Å². The van der Waals surface area contributed by atoms with Gasteiger partial charge in [-0.3, -0.25) is 15.6 Å². The van der Waals surface area contributed by atoms with Gasteiger partial charge in [0.15, 0.2) is 5.84 Å². The Morgan fingerprint density at radius 1 is 0.897 bits per heavy atom. The van der Waals surface area contributed by atoms with Crippen LogP contribution in [0.5, 0.6) is 0 Å². The molecule has 0 saturated carbocycles. The second kappa shape index (κ2) is 8.79. The van der Waals surface area contributed by atoms with E-state index < -0.39 is 17.5 Å². The summed E-state index contributed by atoms with van der Waals surface area (Å²) in [5, 5.41) is 0.536. The van der Waals surface area contributed by atoms with E-state index in [1.807, 2.05) is 0 Å². The molecule has 0 aliphatic carbocycles. The van der Waals surface area contributed by atoms with E-state index >= 15 is 0 Å². The zero-order valence-corrected chi connectivity index (χ0v) is 15.6. The third-order valence-electron chi connectivity index (χ3n) is 3.83. The highest BCUT2D eigenvalue weighted by Crippen LogP contribution is 2.31. The lowest BCUT2D eigenvalue weighted by atomic mass is 10.1. The molecule has 3 rings (SSSR count). The van der Waals surface area contributed by atoms with Crippen LogP contribution in [0, 0.1) is 0 Å². The quantitative estimate of drug-likeness (QED) is 0.235. The third-order valence-corrected chi connectivity index (χ3v) is 4.09. The summed E-state index contributed by atoms with van der Waals surface area (Å²) >= 11 is 5.85. The minimum absolute atomic E-state index is 0.00971. The van der Waals surface area contributed by atoms with E-state index in [4.69, 9.17) is 11.6 Å². The van der Waals surface area contributed by atoms with Crippen molar-refractivity contribution in [3.05, 3.63) is 95.0 Å². The summed E-state index contributed by atoms with van der Waals surface area (Å²) in [6, 6.07) is 19.4. The Kier molecular flexibility index (Phi) is 6.19. The largest absolute Gasteiger partial charge is 0.416 e. The molecule has 8 heteroatoms. The first-order valence-corrected chi connectivity index (χ1v) is 8.84. The summed E-state index contributed by atoms with van der Waals surface area (Å²) in [6.07, 6.45) is -4.51. The summed E-state index contributed by atoms with van der Waals surface area (Å²) < 4.78 is 38.9. The number of alkyl halides is 3. The van der Waals surface area contributed by atoms with E-state index in [1.54, 1.807) is 54.6 Å². The van der Waals surface area contributed by atoms with Gasteiger partial charge in [-0.1, -0.05) is 48.0 Å². The molecule has 0 saturated heterocycles. The number of halogens is 4. The molecule has 0 heterocycles. The molecule has 0 amide bonds. The number of nitrogens with one attached hydrogen (secondary N) is 2. The smallest absolute Gasteiger partial charge is 0.300 e. The van der Waals surface area contributed by atoms with E-state index in [1.165, 1.54) is 12.1 Å². The number of benzene rings is 3. The number of rotatable bonds is 5. The number of anilines is 1. The van der Waals surface area contributed by atoms with Gasteiger partial charge in [-0.15, -0.1) is 0 Å². The predicted octanol–water partition coefficient (Wildman–Crippen LogP) is 5.89. The minimum Gasteiger partial charge on any atom is -0.300 e. The minimum atomic E-state index is -4.51. The van der Waals surface area contributed by atoms with Crippen molar-refractivity contribution in [1.82, 2.24) is 5.43 Å². The molecule has 2 N–H and O–H groups in total. The number of carbonyl (C=O) groups is 1. The number of ketones is 1. The van der Waals surface area contributed by atoms with E-state index in [2.05, 4.69) is 15.8 Å². The summed E-state index contributed by atoms with van der Waals surface area (Å²) in [5.41, 5.74) is 5.56. The van der Waals surface area contributed by atoms with Crippen LogP contribution in [0.2, 0.25) is 5.02 Å². The summed E-state index contributed by atoms with van der Waals surface area (Å²) in [5.74, 6) is -0.644. The van der Waals surface area contributed by atoms with E-state index in [-0.39, 0.29) is 11.5 Å². The molecule has 0 spiro atoms. The fraction of sp³-hybridized carbons (Fsp3) is 0.0476. The average Bonchev–Trinajstić information content (AvgIpc) is 2.72. The zero-order chi connectivity index (χ0) is 20.9. The van der Waals surface area contributed by atoms with Crippen molar-refractivity contribution >= 4 is 34.6 Å². The van der Waals surface area contributed by atoms with Crippen LogP contribution < -0.4 is 10.9 Å². The lowest BCUT2D eigenvalue weighted by Crippen LogP contribution is -2.35. The van der Waals surface area contributed by atoms with Crippen LogP contribution in [-0.2, 0) is 6.18 Å². The highest BCUT2D eigenvalue weighted by Gasteiger charge is 2.30. The van der Waals surface area contributed by atoms with Crippen molar-refractivity contribution in [2.75, 3.05) is 5.43 Å². The number of hydrogen-bond donors (Lipinski definition) is 2. The van der Waals surface area contributed by atoms with Crippen LogP contribution in [0.4, 0.5) is 24.5 Å². The molecule has 0 aromatic heterocycles. The monoisotopic (exact) mass is 417 g/mol. The molecule has 0 fully saturated rings. The Morgan fingerprint density at radius 3 is 2.24 bits per heavy atom. The first-order valence-electron chi connectivity index (χ1n) is 8.46. The second-order valence-electron chi connectivity index (χ2n) is 5.96. The van der Waals surface area contributed by atoms with Crippen LogP contribution in [0.1, 0.15) is 15.9 Å². The Balaban J connectivity index is 1.92. The van der Waals surface area contributed by atoms with Crippen molar-refractivity contribution in [3.63, 3.8) is 0 Å². The highest BCUT2D eigenvalue weighted by molar-refractivity contribution is 6.45. The van der Waals surface area contributed by atoms with Crippen molar-refractivity contribution < 1.29 is 18.0 Å². The van der Waals surface area contributed by atoms with Gasteiger partial charge in [-0.2, -0.15) is 13.2 Å². The van der Waals surface area contributed by atoms with Crippen molar-refractivity contribution in [2.45, 2.75) is 6.18 Å². The van der Waals surface area contributed by atoms with Gasteiger partial charge < -0.3 is 0 Å². The molecule has 0 aliphatic rings. The summed E-state index contributed by atoms with van der Waals surface area (Å²) in [4.78, 5) is 16.9. The van der Waals surface area contributed by atoms with Gasteiger partial charge in [-0.25, -0.2) is 4.99 Å². The fourth-order valence-corrected chi connectivity index (χ4v) is 2.53. The Morgan fingerprint density at radius 2 is 1.59 bits per heavy atom. The number of aliphatic imine (C=N–C) groups is 1. The first-order chi connectivity index (χ1) is 13.8. The maximum Gasteiger partial charge on any atom is 0.416 e. The maximum absolute atomic E-state index is 13.0. The van der Waals surface area contributed by atoms with E-state index in [9.17, 15) is 18.0 Å². The number of nitrogens with zero attached hydrogens (tertiary/aromatic N) is 1. The Labute approximate surface area is 170 Å². The van der Waals surface area contributed by atoms with Crippen molar-refractivity contribution in [3.8, 4) is 0 Å². The number of amidine groups is 1. The maximum atomic E-state index is 13.0.